The van der Waals surface area contributed by atoms with E-state index in [2.05, 4.69) is 32.3 Å². The van der Waals surface area contributed by atoms with Crippen LogP contribution in [0.4, 0.5) is 0 Å². The van der Waals surface area contributed by atoms with Crippen molar-refractivity contribution in [1.82, 2.24) is 25.1 Å². The summed E-state index contributed by atoms with van der Waals surface area (Å²) in [6.45, 7) is 4.17. The predicted molar refractivity (Wildman–Crippen MR) is 102 cm³/mol. The summed E-state index contributed by atoms with van der Waals surface area (Å²) in [4.78, 5) is 37.3. The third-order valence-electron chi connectivity index (χ3n) is 4.86. The number of aryl methyl sites for hydroxylation is 1. The van der Waals surface area contributed by atoms with Crippen molar-refractivity contribution < 1.29 is 9.59 Å². The van der Waals surface area contributed by atoms with Crippen LogP contribution in [0.25, 0.3) is 0 Å². The number of nitrogens with one attached hydrogen (secondary N) is 1. The molecule has 0 bridgehead atoms. The molecule has 1 fully saturated rings. The van der Waals surface area contributed by atoms with Crippen LogP contribution in [-0.4, -0.2) is 70.9 Å². The average molecular weight is 367 g/mol. The molecule has 0 spiro atoms. The van der Waals surface area contributed by atoms with Crippen LogP contribution < -0.4 is 5.32 Å². The quantitative estimate of drug-likeness (QED) is 0.850. The molecule has 3 rings (SSSR count). The summed E-state index contributed by atoms with van der Waals surface area (Å²) >= 11 is 0. The fraction of sp³-hybridized carbons (Fsp3) is 0.400. The Kier molecular flexibility index (Phi) is 6.13. The minimum atomic E-state index is -0.366. The molecule has 0 saturated carbocycles. The van der Waals surface area contributed by atoms with Gasteiger partial charge in [0.05, 0.1) is 11.9 Å². The number of hydrogen-bond acceptors (Lipinski definition) is 5. The zero-order chi connectivity index (χ0) is 19.2. The van der Waals surface area contributed by atoms with Crippen molar-refractivity contribution in [2.75, 3.05) is 33.2 Å². The first-order valence-electron chi connectivity index (χ1n) is 9.16. The molecule has 142 valence electrons. The largest absolute Gasteiger partial charge is 0.358 e. The highest BCUT2D eigenvalue weighted by atomic mass is 16.2. The summed E-state index contributed by atoms with van der Waals surface area (Å²) in [7, 11) is 1.63. The van der Waals surface area contributed by atoms with Crippen molar-refractivity contribution in [1.29, 1.82) is 0 Å². The molecule has 7 heteroatoms. The third kappa shape index (κ3) is 4.68. The number of carbonyl (C=O) groups is 2. The molecule has 1 N–H and O–H groups in total. The van der Waals surface area contributed by atoms with Gasteiger partial charge in [-0.25, -0.2) is 4.98 Å². The Labute approximate surface area is 159 Å². The lowest BCUT2D eigenvalue weighted by Crippen LogP contribution is -2.60. The second-order valence-corrected chi connectivity index (χ2v) is 6.70. The van der Waals surface area contributed by atoms with Gasteiger partial charge in [-0.2, -0.15) is 0 Å². The number of rotatable bonds is 5. The summed E-state index contributed by atoms with van der Waals surface area (Å²) < 4.78 is 0. The van der Waals surface area contributed by atoms with Crippen LogP contribution >= 0.6 is 0 Å². The van der Waals surface area contributed by atoms with Gasteiger partial charge in [-0.05, 0) is 18.9 Å². The van der Waals surface area contributed by atoms with E-state index in [9.17, 15) is 9.59 Å². The van der Waals surface area contributed by atoms with Crippen LogP contribution in [0.5, 0.6) is 0 Å². The molecular weight excluding hydrogens is 342 g/mol. The number of aromatic nitrogens is 2. The Morgan fingerprint density at radius 1 is 1.15 bits per heavy atom. The van der Waals surface area contributed by atoms with Gasteiger partial charge in [-0.15, -0.1) is 0 Å². The van der Waals surface area contributed by atoms with E-state index in [1.54, 1.807) is 18.1 Å². The van der Waals surface area contributed by atoms with Gasteiger partial charge < -0.3 is 10.2 Å². The molecule has 27 heavy (non-hydrogen) atoms. The van der Waals surface area contributed by atoms with E-state index in [-0.39, 0.29) is 17.9 Å². The Morgan fingerprint density at radius 3 is 2.59 bits per heavy atom. The van der Waals surface area contributed by atoms with E-state index in [1.165, 1.54) is 11.8 Å². The smallest absolute Gasteiger partial charge is 0.274 e. The number of amides is 2. The van der Waals surface area contributed by atoms with Crippen molar-refractivity contribution in [2.45, 2.75) is 19.4 Å². The van der Waals surface area contributed by atoms with E-state index >= 15 is 0 Å². The standard InChI is InChI=1S/C20H25N5O2/c1-15-12-23-17(13-22-15)20(27)25-11-10-24(18(14-25)19(26)21-2)9-8-16-6-4-3-5-7-16/h3-7,12-13,18H,8-11,14H2,1-2H3,(H,21,26)/t18-/m0/s1. The van der Waals surface area contributed by atoms with Gasteiger partial charge in [-0.3, -0.25) is 19.5 Å². The molecule has 2 amide bonds. The Balaban J connectivity index is 1.67. The van der Waals surface area contributed by atoms with Crippen LogP contribution in [0.1, 0.15) is 21.7 Å². The molecule has 2 aromatic rings. The Bertz CT molecular complexity index is 779. The van der Waals surface area contributed by atoms with Gasteiger partial charge in [0, 0.05) is 39.4 Å². The van der Waals surface area contributed by atoms with Crippen molar-refractivity contribution >= 4 is 11.8 Å². The monoisotopic (exact) mass is 367 g/mol. The number of benzene rings is 1. The Morgan fingerprint density at radius 2 is 1.93 bits per heavy atom. The van der Waals surface area contributed by atoms with Crippen LogP contribution in [0.3, 0.4) is 0 Å². The molecule has 1 aromatic heterocycles. The lowest BCUT2D eigenvalue weighted by atomic mass is 10.1. The van der Waals surface area contributed by atoms with Crippen molar-refractivity contribution in [3.8, 4) is 0 Å². The first-order valence-corrected chi connectivity index (χ1v) is 9.16. The number of carbonyl (C=O) groups excluding carboxylic acids is 2. The third-order valence-corrected chi connectivity index (χ3v) is 4.86. The van der Waals surface area contributed by atoms with Gasteiger partial charge >= 0.3 is 0 Å². The molecule has 1 aromatic carbocycles. The lowest BCUT2D eigenvalue weighted by molar-refractivity contribution is -0.127. The van der Waals surface area contributed by atoms with Crippen molar-refractivity contribution in [2.24, 2.45) is 0 Å². The second kappa shape index (κ2) is 8.73. The highest BCUT2D eigenvalue weighted by molar-refractivity contribution is 5.93. The summed E-state index contributed by atoms with van der Waals surface area (Å²) in [5, 5.41) is 2.72. The van der Waals surface area contributed by atoms with Crippen LogP contribution in [0.2, 0.25) is 0 Å². The molecule has 0 radical (unpaired) electrons. The number of likely N-dealkylation sites (N-methyl/N-ethyl adjacent to an activating group) is 1. The lowest BCUT2D eigenvalue weighted by Gasteiger charge is -2.40. The minimum Gasteiger partial charge on any atom is -0.358 e. The molecule has 1 aliphatic rings. The number of hydrogen-bond donors (Lipinski definition) is 1. The van der Waals surface area contributed by atoms with E-state index in [0.717, 1.165) is 18.7 Å². The molecule has 1 saturated heterocycles. The van der Waals surface area contributed by atoms with E-state index in [0.29, 0.717) is 25.3 Å². The van der Waals surface area contributed by atoms with E-state index in [4.69, 9.17) is 0 Å². The first-order chi connectivity index (χ1) is 13.1. The zero-order valence-corrected chi connectivity index (χ0v) is 15.8. The molecular formula is C20H25N5O2. The van der Waals surface area contributed by atoms with Crippen LogP contribution in [-0.2, 0) is 11.2 Å². The van der Waals surface area contributed by atoms with E-state index < -0.39 is 0 Å². The summed E-state index contributed by atoms with van der Waals surface area (Å²) in [6.07, 6.45) is 3.94. The highest BCUT2D eigenvalue weighted by Gasteiger charge is 2.34. The average Bonchev–Trinajstić information content (AvgIpc) is 2.72. The van der Waals surface area contributed by atoms with Gasteiger partial charge in [0.2, 0.25) is 5.91 Å². The second-order valence-electron chi connectivity index (χ2n) is 6.70. The summed E-state index contributed by atoms with van der Waals surface area (Å²) in [5.74, 6) is -0.255. The molecule has 2 heterocycles. The zero-order valence-electron chi connectivity index (χ0n) is 15.8. The summed E-state index contributed by atoms with van der Waals surface area (Å²) in [6, 6.07) is 9.84. The molecule has 1 atom stereocenters. The molecule has 0 aliphatic carbocycles. The van der Waals surface area contributed by atoms with Gasteiger partial charge in [0.15, 0.2) is 0 Å². The molecule has 1 aliphatic heterocycles. The fourth-order valence-electron chi connectivity index (χ4n) is 3.27. The predicted octanol–water partition coefficient (Wildman–Crippen LogP) is 0.900. The maximum Gasteiger partial charge on any atom is 0.274 e. The highest BCUT2D eigenvalue weighted by Crippen LogP contribution is 2.14. The SMILES string of the molecule is CNC(=O)[C@@H]1CN(C(=O)c2cnc(C)cn2)CCN1CCc1ccccc1. The van der Waals surface area contributed by atoms with Crippen molar-refractivity contribution in [3.63, 3.8) is 0 Å². The fourth-order valence-corrected chi connectivity index (χ4v) is 3.27. The molecule has 0 unspecified atom stereocenters. The van der Waals surface area contributed by atoms with E-state index in [1.807, 2.05) is 25.1 Å². The number of nitrogens with zero attached hydrogens (tertiary/aromatic N) is 4. The summed E-state index contributed by atoms with van der Waals surface area (Å²) in [5.41, 5.74) is 2.32. The maximum atomic E-state index is 12.7. The molecule has 7 nitrogen and oxygen atoms in total. The first kappa shape index (κ1) is 19.0. The number of piperazine rings is 1. The Hall–Kier alpha value is -2.80. The van der Waals surface area contributed by atoms with Crippen molar-refractivity contribution in [3.05, 3.63) is 59.7 Å². The maximum absolute atomic E-state index is 12.7. The topological polar surface area (TPSA) is 78.4 Å². The van der Waals surface area contributed by atoms with Crippen LogP contribution in [0.15, 0.2) is 42.7 Å². The normalized spacial score (nSPS) is 17.6. The van der Waals surface area contributed by atoms with Gasteiger partial charge in [0.25, 0.3) is 5.91 Å². The van der Waals surface area contributed by atoms with Gasteiger partial charge in [-0.1, -0.05) is 30.3 Å². The minimum absolute atomic E-state index is 0.0736. The van der Waals surface area contributed by atoms with Gasteiger partial charge in [0.1, 0.15) is 11.7 Å². The van der Waals surface area contributed by atoms with Crippen LogP contribution in [0, 0.1) is 6.92 Å².